The third-order valence-electron chi connectivity index (χ3n) is 14.8. The zero-order valence-corrected chi connectivity index (χ0v) is 40.0. The van der Waals surface area contributed by atoms with Crippen molar-refractivity contribution >= 4 is 16.8 Å². The van der Waals surface area contributed by atoms with Gasteiger partial charge in [0, 0.05) is 54.3 Å². The molecule has 4 aliphatic rings. The summed E-state index contributed by atoms with van der Waals surface area (Å²) in [5.74, 6) is 3.40. The van der Waals surface area contributed by atoms with E-state index in [1.165, 1.54) is 28.7 Å². The standard InChI is InChI=1S/C56H55N9O5/c1-53(2)30-54(3,33-60-63-57)32-55(31-53)48-13-9-8-12-43(48)50-46-29-49(69-42-10-6-5-7-11-42)45(36-14-20-39(66-4)21-15-36)28-47(46)52-44(51(50)55)26-27-56(70-52,37-16-22-40(23-17-37)67-34-61-64-58)38-18-24-41(25-19-38)68-35-62-65-59/h8-9,12-29,42H,5-7,10-11,30-35H2,1-4H3. The molecule has 1 heterocycles. The lowest BCUT2D eigenvalue weighted by Gasteiger charge is -2.53. The van der Waals surface area contributed by atoms with Gasteiger partial charge in [-0.2, -0.15) is 0 Å². The fourth-order valence-corrected chi connectivity index (χ4v) is 12.6. The van der Waals surface area contributed by atoms with Gasteiger partial charge in [0.1, 0.15) is 28.7 Å². The molecule has 6 aromatic carbocycles. The summed E-state index contributed by atoms with van der Waals surface area (Å²) in [4.78, 5) is 8.96. The number of fused-ring (bicyclic) bond motifs is 10. The molecule has 70 heavy (non-hydrogen) atoms. The average Bonchev–Trinajstić information content (AvgIpc) is 3.63. The van der Waals surface area contributed by atoms with E-state index in [1.807, 2.05) is 60.7 Å². The lowest BCUT2D eigenvalue weighted by atomic mass is 9.51. The molecule has 14 nitrogen and oxygen atoms in total. The van der Waals surface area contributed by atoms with Crippen molar-refractivity contribution in [2.24, 2.45) is 26.2 Å². The lowest BCUT2D eigenvalue weighted by molar-refractivity contribution is 0.0569. The maximum absolute atomic E-state index is 9.70. The quantitative estimate of drug-likeness (QED) is 0.0595. The first kappa shape index (κ1) is 46.0. The van der Waals surface area contributed by atoms with Crippen LogP contribution in [0, 0.1) is 10.8 Å². The van der Waals surface area contributed by atoms with Crippen molar-refractivity contribution in [2.75, 3.05) is 27.1 Å². The predicted molar refractivity (Wildman–Crippen MR) is 272 cm³/mol. The first-order chi connectivity index (χ1) is 34.0. The van der Waals surface area contributed by atoms with E-state index in [-0.39, 0.29) is 30.4 Å². The van der Waals surface area contributed by atoms with Crippen molar-refractivity contribution < 1.29 is 23.7 Å². The predicted octanol–water partition coefficient (Wildman–Crippen LogP) is 15.7. The Hall–Kier alpha value is -7.75. The molecule has 354 valence electrons. The van der Waals surface area contributed by atoms with Gasteiger partial charge in [-0.3, -0.25) is 0 Å². The first-order valence-electron chi connectivity index (χ1n) is 24.0. The molecule has 14 heteroatoms. The summed E-state index contributed by atoms with van der Waals surface area (Å²) in [7, 11) is 1.68. The van der Waals surface area contributed by atoms with Crippen molar-refractivity contribution in [1.82, 2.24) is 0 Å². The van der Waals surface area contributed by atoms with E-state index in [0.717, 1.165) is 101 Å². The number of hydrogen-bond donors (Lipinski definition) is 0. The molecule has 10 rings (SSSR count). The van der Waals surface area contributed by atoms with Crippen LogP contribution < -0.4 is 23.7 Å². The Morgan fingerprint density at radius 3 is 1.93 bits per heavy atom. The van der Waals surface area contributed by atoms with Gasteiger partial charge in [0.15, 0.2) is 19.1 Å². The highest BCUT2D eigenvalue weighted by molar-refractivity contribution is 6.10. The Morgan fingerprint density at radius 1 is 0.671 bits per heavy atom. The molecule has 2 atom stereocenters. The average molecular weight is 934 g/mol. The topological polar surface area (TPSA) is 192 Å². The number of rotatable bonds is 14. The third kappa shape index (κ3) is 8.34. The smallest absolute Gasteiger partial charge is 0.178 e. The van der Waals surface area contributed by atoms with Crippen LogP contribution in [0.15, 0.2) is 131 Å². The van der Waals surface area contributed by atoms with E-state index in [0.29, 0.717) is 18.0 Å². The number of ether oxygens (including phenoxy) is 5. The second-order valence-electron chi connectivity index (χ2n) is 20.2. The fourth-order valence-electron chi connectivity index (χ4n) is 12.6. The Labute approximate surface area is 407 Å². The molecule has 0 bridgehead atoms. The van der Waals surface area contributed by atoms with E-state index in [1.54, 1.807) is 7.11 Å². The van der Waals surface area contributed by atoms with Crippen LogP contribution in [0.25, 0.3) is 70.4 Å². The molecule has 6 aromatic rings. The largest absolute Gasteiger partial charge is 0.497 e. The Bertz CT molecular complexity index is 3080. The molecule has 3 aliphatic carbocycles. The number of methoxy groups -OCH3 is 1. The Balaban J connectivity index is 1.28. The van der Waals surface area contributed by atoms with Crippen molar-refractivity contribution in [3.63, 3.8) is 0 Å². The van der Waals surface area contributed by atoms with Crippen LogP contribution in [-0.2, 0) is 11.0 Å². The second-order valence-corrected chi connectivity index (χ2v) is 20.2. The molecule has 1 aliphatic heterocycles. The van der Waals surface area contributed by atoms with Gasteiger partial charge in [0.25, 0.3) is 0 Å². The maximum Gasteiger partial charge on any atom is 0.178 e. The van der Waals surface area contributed by atoms with Crippen molar-refractivity contribution in [1.29, 1.82) is 0 Å². The van der Waals surface area contributed by atoms with Crippen LogP contribution in [0.5, 0.6) is 28.7 Å². The van der Waals surface area contributed by atoms with Crippen LogP contribution in [0.1, 0.15) is 100.0 Å². The summed E-state index contributed by atoms with van der Waals surface area (Å²) in [5, 5.41) is 13.4. The summed E-state index contributed by atoms with van der Waals surface area (Å²) < 4.78 is 32.3. The molecule has 0 aromatic heterocycles. The summed E-state index contributed by atoms with van der Waals surface area (Å²) in [6, 6.07) is 36.9. The van der Waals surface area contributed by atoms with Gasteiger partial charge in [0.05, 0.1) is 13.2 Å². The van der Waals surface area contributed by atoms with Crippen LogP contribution in [0.4, 0.5) is 0 Å². The minimum atomic E-state index is -1.18. The van der Waals surface area contributed by atoms with E-state index >= 15 is 0 Å². The highest BCUT2D eigenvalue weighted by atomic mass is 16.5. The highest BCUT2D eigenvalue weighted by Crippen LogP contribution is 2.67. The molecule has 0 radical (unpaired) electrons. The van der Waals surface area contributed by atoms with Gasteiger partial charge in [-0.25, -0.2) is 0 Å². The van der Waals surface area contributed by atoms with Gasteiger partial charge in [-0.1, -0.05) is 109 Å². The van der Waals surface area contributed by atoms with E-state index < -0.39 is 11.0 Å². The number of nitrogens with zero attached hydrogens (tertiary/aromatic N) is 9. The summed E-state index contributed by atoms with van der Waals surface area (Å²) in [5.41, 5.74) is 34.9. The molecule has 0 amide bonds. The number of benzene rings is 6. The van der Waals surface area contributed by atoms with Crippen LogP contribution in [0.2, 0.25) is 0 Å². The minimum Gasteiger partial charge on any atom is -0.497 e. The van der Waals surface area contributed by atoms with Crippen LogP contribution in [0.3, 0.4) is 0 Å². The van der Waals surface area contributed by atoms with E-state index in [4.69, 9.17) is 34.7 Å². The molecule has 2 fully saturated rings. The summed E-state index contributed by atoms with van der Waals surface area (Å²) in [6.45, 7) is 7.08. The Morgan fingerprint density at radius 2 is 1.30 bits per heavy atom. The monoisotopic (exact) mass is 933 g/mol. The SMILES string of the molecule is COc1ccc(-c2cc3c4c(c5c(c3cc2OC2CCCCC2)-c2ccccc2C52CC(C)(C)CC(C)(CN=[N+]=[N-])C2)C=CC(c2ccc(OCN=[N+]=[N-])cc2)(c2ccc(OCN=[N+]=[N-])cc2)O4)cc1. The zero-order valence-electron chi connectivity index (χ0n) is 40.0. The molecule has 2 unspecified atom stereocenters. The van der Waals surface area contributed by atoms with Crippen molar-refractivity contribution in [3.8, 4) is 51.0 Å². The maximum atomic E-state index is 9.70. The van der Waals surface area contributed by atoms with Gasteiger partial charge < -0.3 is 23.7 Å². The molecular weight excluding hydrogens is 879 g/mol. The normalized spacial score (nSPS) is 21.7. The van der Waals surface area contributed by atoms with E-state index in [9.17, 15) is 5.53 Å². The minimum absolute atomic E-state index is 0.0807. The number of hydrogen-bond acceptors (Lipinski definition) is 8. The fraction of sp³-hybridized carbons (Fsp3) is 0.357. The van der Waals surface area contributed by atoms with Crippen molar-refractivity contribution in [2.45, 2.75) is 89.3 Å². The highest BCUT2D eigenvalue weighted by Gasteiger charge is 2.56. The molecule has 2 saturated carbocycles. The van der Waals surface area contributed by atoms with Gasteiger partial charge in [-0.05, 0) is 160 Å². The third-order valence-corrected chi connectivity index (χ3v) is 14.8. The summed E-state index contributed by atoms with van der Waals surface area (Å²) >= 11 is 0. The van der Waals surface area contributed by atoms with Gasteiger partial charge >= 0.3 is 0 Å². The van der Waals surface area contributed by atoms with Gasteiger partial charge in [0.2, 0.25) is 0 Å². The Kier molecular flexibility index (Phi) is 12.2. The van der Waals surface area contributed by atoms with Crippen molar-refractivity contribution in [3.05, 3.63) is 174 Å². The van der Waals surface area contributed by atoms with Crippen LogP contribution in [-0.4, -0.2) is 33.2 Å². The molecular formula is C56H55N9O5. The zero-order chi connectivity index (χ0) is 48.5. The summed E-state index contributed by atoms with van der Waals surface area (Å²) in [6.07, 6.45) is 12.5. The van der Waals surface area contributed by atoms with Gasteiger partial charge in [-0.15, -0.1) is 0 Å². The van der Waals surface area contributed by atoms with E-state index in [2.05, 4.69) is 112 Å². The molecule has 0 N–H and O–H groups in total. The number of azide groups is 3. The van der Waals surface area contributed by atoms with Crippen LogP contribution >= 0.6 is 0 Å². The lowest BCUT2D eigenvalue weighted by Crippen LogP contribution is -2.46. The molecule has 0 saturated heterocycles. The molecule has 1 spiro atoms. The second kappa shape index (κ2) is 18.6. The first-order valence-corrected chi connectivity index (χ1v) is 24.0.